The van der Waals surface area contributed by atoms with Gasteiger partial charge in [0.05, 0.1) is 6.26 Å². The molecule has 2 aromatic carbocycles. The van der Waals surface area contributed by atoms with E-state index in [-0.39, 0.29) is 22.5 Å². The van der Waals surface area contributed by atoms with Crippen LogP contribution in [0.25, 0.3) is 12.2 Å². The zero-order valence-corrected chi connectivity index (χ0v) is 19.8. The number of sulfonamides is 1. The second kappa shape index (κ2) is 9.88. The summed E-state index contributed by atoms with van der Waals surface area (Å²) in [5, 5.41) is 4.85. The number of hydrogen-bond donors (Lipinski definition) is 5. The molecule has 12 nitrogen and oxygen atoms in total. The molecule has 0 aliphatic carbocycles. The van der Waals surface area contributed by atoms with E-state index in [2.05, 4.69) is 15.4 Å². The molecule has 0 aliphatic rings. The van der Waals surface area contributed by atoms with Crippen molar-refractivity contribution in [1.82, 2.24) is 5.32 Å². The van der Waals surface area contributed by atoms with E-state index in [1.54, 1.807) is 6.92 Å². The van der Waals surface area contributed by atoms with Gasteiger partial charge in [0.15, 0.2) is 0 Å². The van der Waals surface area contributed by atoms with E-state index in [9.17, 15) is 39.2 Å². The predicted octanol–water partition coefficient (Wildman–Crippen LogP) is 1.86. The summed E-state index contributed by atoms with van der Waals surface area (Å²) >= 11 is 0. The number of benzene rings is 2. The molecule has 0 saturated carbocycles. The molecular formula is C18H21N3O9S3. The van der Waals surface area contributed by atoms with E-state index in [4.69, 9.17) is 0 Å². The van der Waals surface area contributed by atoms with Gasteiger partial charge in [-0.2, -0.15) is 16.8 Å². The first-order chi connectivity index (χ1) is 15.1. The number of rotatable bonds is 8. The molecule has 180 valence electrons. The third-order valence-electron chi connectivity index (χ3n) is 3.92. The smallest absolute Gasteiger partial charge is 0.319 e. The lowest BCUT2D eigenvalue weighted by Crippen LogP contribution is -2.28. The number of hydrogen-bond acceptors (Lipinski definition) is 7. The van der Waals surface area contributed by atoms with Crippen LogP contribution in [0.1, 0.15) is 18.1 Å². The van der Waals surface area contributed by atoms with Crippen molar-refractivity contribution in [2.75, 3.05) is 22.8 Å². The van der Waals surface area contributed by atoms with E-state index in [0.29, 0.717) is 6.54 Å². The molecule has 0 atom stereocenters. The number of carbonyl (C=O) groups is 1. The Kier molecular flexibility index (Phi) is 7.87. The Bertz CT molecular complexity index is 1420. The minimum Gasteiger partial charge on any atom is -0.338 e. The first-order valence-corrected chi connectivity index (χ1v) is 13.8. The average Bonchev–Trinajstić information content (AvgIpc) is 2.65. The lowest BCUT2D eigenvalue weighted by molar-refractivity contribution is 0.252. The molecule has 15 heteroatoms. The summed E-state index contributed by atoms with van der Waals surface area (Å²) in [7, 11) is -13.2. The topological polar surface area (TPSA) is 196 Å². The van der Waals surface area contributed by atoms with Gasteiger partial charge in [-0.25, -0.2) is 13.2 Å². The molecule has 0 bridgehead atoms. The number of nitrogens with one attached hydrogen (secondary N) is 3. The molecule has 0 heterocycles. The van der Waals surface area contributed by atoms with E-state index in [0.717, 1.165) is 30.5 Å². The highest BCUT2D eigenvalue weighted by molar-refractivity contribution is 7.92. The quantitative estimate of drug-likeness (QED) is 0.255. The van der Waals surface area contributed by atoms with Crippen LogP contribution in [-0.4, -0.2) is 53.2 Å². The highest BCUT2D eigenvalue weighted by atomic mass is 32.2. The Balaban J connectivity index is 2.52. The third kappa shape index (κ3) is 7.83. The van der Waals surface area contributed by atoms with Gasteiger partial charge in [0, 0.05) is 17.9 Å². The van der Waals surface area contributed by atoms with Crippen LogP contribution in [0.4, 0.5) is 16.2 Å². The summed E-state index contributed by atoms with van der Waals surface area (Å²) in [6.07, 6.45) is 3.16. The molecule has 33 heavy (non-hydrogen) atoms. The van der Waals surface area contributed by atoms with E-state index >= 15 is 0 Å². The van der Waals surface area contributed by atoms with Crippen molar-refractivity contribution in [3.8, 4) is 0 Å². The van der Waals surface area contributed by atoms with Crippen molar-refractivity contribution in [3.05, 3.63) is 47.5 Å². The lowest BCUT2D eigenvalue weighted by atomic mass is 10.1. The fourth-order valence-corrected chi connectivity index (χ4v) is 4.64. The molecule has 5 N–H and O–H groups in total. The van der Waals surface area contributed by atoms with Crippen molar-refractivity contribution in [2.45, 2.75) is 16.7 Å². The maximum Gasteiger partial charge on any atom is 0.319 e. The molecule has 2 rings (SSSR count). The highest BCUT2D eigenvalue weighted by Gasteiger charge is 2.18. The van der Waals surface area contributed by atoms with E-state index in [1.165, 1.54) is 24.3 Å². The van der Waals surface area contributed by atoms with Gasteiger partial charge >= 0.3 is 6.03 Å². The van der Waals surface area contributed by atoms with Crippen LogP contribution in [0.5, 0.6) is 0 Å². The lowest BCUT2D eigenvalue weighted by Gasteiger charge is -2.10. The first-order valence-electron chi connectivity index (χ1n) is 9.04. The number of amides is 2. The summed E-state index contributed by atoms with van der Waals surface area (Å²) in [5.41, 5.74) is -0.205. The minimum absolute atomic E-state index is 0.0569. The Morgan fingerprint density at radius 2 is 1.30 bits per heavy atom. The summed E-state index contributed by atoms with van der Waals surface area (Å²) in [4.78, 5) is 10.4. The standard InChI is InChI=1S/C18H21N3O9S3/c1-3-19-18(22)20-14-8-6-12(16(10-14)32(25,26)27)4-5-13-7-9-15(21-31(2,23)24)11-17(13)33(28,29)30/h4-11,21H,3H2,1-2H3,(H2,19,20,22)(H,25,26,27)(H,28,29,30). The van der Waals surface area contributed by atoms with Crippen LogP contribution in [-0.2, 0) is 30.3 Å². The molecule has 2 aromatic rings. The molecule has 0 radical (unpaired) electrons. The van der Waals surface area contributed by atoms with Crippen LogP contribution >= 0.6 is 0 Å². The molecule has 0 saturated heterocycles. The summed E-state index contributed by atoms with van der Waals surface area (Å²) in [6, 6.07) is 6.33. The minimum atomic E-state index is -4.79. The fraction of sp³-hybridized carbons (Fsp3) is 0.167. The molecular weight excluding hydrogens is 498 g/mol. The number of anilines is 2. The van der Waals surface area contributed by atoms with Gasteiger partial charge in [-0.15, -0.1) is 0 Å². The molecule has 0 fully saturated rings. The van der Waals surface area contributed by atoms with Gasteiger partial charge in [0.2, 0.25) is 10.0 Å². The predicted molar refractivity (Wildman–Crippen MR) is 123 cm³/mol. The van der Waals surface area contributed by atoms with Gasteiger partial charge in [0.25, 0.3) is 20.2 Å². The van der Waals surface area contributed by atoms with Gasteiger partial charge in [0.1, 0.15) is 9.79 Å². The first kappa shape index (κ1) is 26.3. The van der Waals surface area contributed by atoms with Crippen LogP contribution in [0.2, 0.25) is 0 Å². The Morgan fingerprint density at radius 1 is 0.848 bits per heavy atom. The molecule has 0 aliphatic heterocycles. The number of urea groups is 1. The van der Waals surface area contributed by atoms with E-state index < -0.39 is 46.1 Å². The van der Waals surface area contributed by atoms with Crippen molar-refractivity contribution in [3.63, 3.8) is 0 Å². The van der Waals surface area contributed by atoms with Crippen LogP contribution in [0, 0.1) is 0 Å². The van der Waals surface area contributed by atoms with Crippen LogP contribution < -0.4 is 15.4 Å². The largest absolute Gasteiger partial charge is 0.338 e. The van der Waals surface area contributed by atoms with Crippen molar-refractivity contribution in [2.24, 2.45) is 0 Å². The summed E-state index contributed by atoms with van der Waals surface area (Å²) < 4.78 is 91.1. The van der Waals surface area contributed by atoms with Crippen molar-refractivity contribution >= 4 is 59.8 Å². The van der Waals surface area contributed by atoms with Crippen LogP contribution in [0.15, 0.2) is 46.2 Å². The second-order valence-electron chi connectivity index (χ2n) is 6.65. The van der Waals surface area contributed by atoms with Crippen molar-refractivity contribution < 1.29 is 39.2 Å². The fourth-order valence-electron chi connectivity index (χ4n) is 2.66. The van der Waals surface area contributed by atoms with Gasteiger partial charge in [-0.05, 0) is 42.3 Å². The second-order valence-corrected chi connectivity index (χ2v) is 11.2. The zero-order chi connectivity index (χ0) is 25.0. The maximum absolute atomic E-state index is 11.8. The molecule has 2 amide bonds. The van der Waals surface area contributed by atoms with E-state index in [1.807, 2.05) is 0 Å². The Labute approximate surface area is 191 Å². The average molecular weight is 520 g/mol. The Morgan fingerprint density at radius 3 is 1.73 bits per heavy atom. The summed E-state index contributed by atoms with van der Waals surface area (Å²) in [5.74, 6) is 0. The highest BCUT2D eigenvalue weighted by Crippen LogP contribution is 2.26. The van der Waals surface area contributed by atoms with Gasteiger partial charge < -0.3 is 10.6 Å². The van der Waals surface area contributed by atoms with Gasteiger partial charge in [-0.1, -0.05) is 24.3 Å². The maximum atomic E-state index is 11.8. The molecule has 0 unspecified atom stereocenters. The van der Waals surface area contributed by atoms with Crippen LogP contribution in [0.3, 0.4) is 0 Å². The number of carbonyl (C=O) groups excluding carboxylic acids is 1. The molecule has 0 spiro atoms. The van der Waals surface area contributed by atoms with Crippen molar-refractivity contribution in [1.29, 1.82) is 0 Å². The normalized spacial score (nSPS) is 12.5. The van der Waals surface area contributed by atoms with Gasteiger partial charge in [-0.3, -0.25) is 13.8 Å². The Hall–Kier alpha value is -2.98. The SMILES string of the molecule is CCNC(=O)Nc1ccc(C=Cc2ccc(NS(C)(=O)=O)cc2S(=O)(=O)O)c(S(=O)(=O)O)c1. The summed E-state index contributed by atoms with van der Waals surface area (Å²) in [6.45, 7) is 2.01. The third-order valence-corrected chi connectivity index (χ3v) is 6.35. The molecule has 0 aromatic heterocycles. The monoisotopic (exact) mass is 519 g/mol. The zero-order valence-electron chi connectivity index (χ0n) is 17.3.